The lowest BCUT2D eigenvalue weighted by molar-refractivity contribution is -0.142. The van der Waals surface area contributed by atoms with Crippen LogP contribution in [0.4, 0.5) is 10.7 Å². The number of carboxylic acid groups (broad SMARTS) is 1. The van der Waals surface area contributed by atoms with Gasteiger partial charge in [-0.25, -0.2) is 14.8 Å². The van der Waals surface area contributed by atoms with Crippen molar-refractivity contribution in [3.8, 4) is 0 Å². The Morgan fingerprint density at radius 2 is 2.28 bits per heavy atom. The predicted octanol–water partition coefficient (Wildman–Crippen LogP) is 2.57. The van der Waals surface area contributed by atoms with Crippen LogP contribution in [0.1, 0.15) is 38.3 Å². The van der Waals surface area contributed by atoms with Crippen molar-refractivity contribution in [2.75, 3.05) is 25.0 Å². The highest BCUT2D eigenvalue weighted by molar-refractivity contribution is 6.31. The average Bonchev–Trinajstić information content (AvgIpc) is 2.58. The number of halogens is 1. The number of anilines is 1. The molecule has 0 spiro atoms. The number of nitrogens with one attached hydrogen (secondary N) is 1. The molecule has 1 atom stereocenters. The van der Waals surface area contributed by atoms with E-state index >= 15 is 0 Å². The van der Waals surface area contributed by atoms with Gasteiger partial charge in [-0.15, -0.1) is 0 Å². The molecule has 1 aliphatic heterocycles. The molecule has 0 aromatic carbocycles. The van der Waals surface area contributed by atoms with Crippen LogP contribution in [0, 0.1) is 0 Å². The number of carbonyl (C=O) groups is 2. The smallest absolute Gasteiger partial charge is 0.407 e. The molecule has 1 unspecified atom stereocenters. The fourth-order valence-electron chi connectivity index (χ4n) is 2.86. The van der Waals surface area contributed by atoms with E-state index in [9.17, 15) is 14.7 Å². The second-order valence-corrected chi connectivity index (χ2v) is 6.22. The van der Waals surface area contributed by atoms with Crippen molar-refractivity contribution in [2.24, 2.45) is 0 Å². The molecule has 0 radical (unpaired) electrons. The van der Waals surface area contributed by atoms with Gasteiger partial charge >= 0.3 is 12.1 Å². The van der Waals surface area contributed by atoms with Gasteiger partial charge in [-0.05, 0) is 32.6 Å². The number of hydrogen-bond donors (Lipinski definition) is 2. The van der Waals surface area contributed by atoms with E-state index in [1.165, 1.54) is 11.1 Å². The topological polar surface area (TPSA) is 105 Å². The minimum Gasteiger partial charge on any atom is -0.466 e. The molecule has 1 aromatic rings. The van der Waals surface area contributed by atoms with Crippen LogP contribution in [-0.2, 0) is 16.0 Å². The number of aromatic nitrogens is 2. The van der Waals surface area contributed by atoms with Crippen LogP contribution in [0.25, 0.3) is 0 Å². The van der Waals surface area contributed by atoms with Gasteiger partial charge in [0, 0.05) is 19.1 Å². The lowest BCUT2D eigenvalue weighted by Crippen LogP contribution is -2.43. The standard InChI is InChI=1S/C16H23ClN4O4/c1-2-25-14(22)9-13-12(17)10-19-15(20-13)18-7-6-11-5-3-4-8-21(11)16(23)24/h10-11H,2-9H2,1H3,(H,23,24)(H,18,19,20). The Kier molecular flexibility index (Phi) is 7.24. The molecule has 25 heavy (non-hydrogen) atoms. The highest BCUT2D eigenvalue weighted by Crippen LogP contribution is 2.20. The zero-order chi connectivity index (χ0) is 18.2. The molecule has 1 saturated heterocycles. The van der Waals surface area contributed by atoms with Gasteiger partial charge in [-0.3, -0.25) is 4.79 Å². The fraction of sp³-hybridized carbons (Fsp3) is 0.625. The van der Waals surface area contributed by atoms with Gasteiger partial charge in [0.15, 0.2) is 0 Å². The second-order valence-electron chi connectivity index (χ2n) is 5.81. The van der Waals surface area contributed by atoms with Crippen molar-refractivity contribution < 1.29 is 19.4 Å². The van der Waals surface area contributed by atoms with E-state index < -0.39 is 12.1 Å². The van der Waals surface area contributed by atoms with Gasteiger partial charge < -0.3 is 20.1 Å². The van der Waals surface area contributed by atoms with Gasteiger partial charge in [-0.1, -0.05) is 11.6 Å². The zero-order valence-electron chi connectivity index (χ0n) is 14.2. The monoisotopic (exact) mass is 370 g/mol. The molecule has 0 saturated carbocycles. The maximum atomic E-state index is 11.6. The molecule has 2 heterocycles. The van der Waals surface area contributed by atoms with Crippen molar-refractivity contribution >= 4 is 29.6 Å². The number of ether oxygens (including phenoxy) is 1. The summed E-state index contributed by atoms with van der Waals surface area (Å²) in [4.78, 5) is 32.7. The lowest BCUT2D eigenvalue weighted by Gasteiger charge is -2.33. The van der Waals surface area contributed by atoms with E-state index in [0.29, 0.717) is 42.8 Å². The summed E-state index contributed by atoms with van der Waals surface area (Å²) in [6.45, 7) is 3.16. The first kappa shape index (κ1) is 19.2. The third kappa shape index (κ3) is 5.74. The van der Waals surface area contributed by atoms with Gasteiger partial charge in [0.2, 0.25) is 5.95 Å². The highest BCUT2D eigenvalue weighted by atomic mass is 35.5. The lowest BCUT2D eigenvalue weighted by atomic mass is 10.00. The third-order valence-electron chi connectivity index (χ3n) is 4.07. The Morgan fingerprint density at radius 3 is 3.00 bits per heavy atom. The van der Waals surface area contributed by atoms with Crippen LogP contribution < -0.4 is 5.32 Å². The number of nitrogens with zero attached hydrogens (tertiary/aromatic N) is 3. The van der Waals surface area contributed by atoms with Crippen molar-refractivity contribution in [1.82, 2.24) is 14.9 Å². The van der Waals surface area contributed by atoms with Crippen LogP contribution in [0.15, 0.2) is 6.20 Å². The molecule has 0 bridgehead atoms. The first-order chi connectivity index (χ1) is 12.0. The number of likely N-dealkylation sites (tertiary alicyclic amines) is 1. The van der Waals surface area contributed by atoms with E-state index in [0.717, 1.165) is 19.3 Å². The number of amides is 1. The summed E-state index contributed by atoms with van der Waals surface area (Å²) in [6, 6.07) is 0.00468. The summed E-state index contributed by atoms with van der Waals surface area (Å²) in [5.74, 6) is -0.0326. The van der Waals surface area contributed by atoms with E-state index in [2.05, 4.69) is 15.3 Å². The SMILES string of the molecule is CCOC(=O)Cc1nc(NCCC2CCCCN2C(=O)O)ncc1Cl. The third-order valence-corrected chi connectivity index (χ3v) is 4.38. The molecule has 8 nitrogen and oxygen atoms in total. The molecule has 2 N–H and O–H groups in total. The second kappa shape index (κ2) is 9.41. The minimum absolute atomic E-state index is 0.00468. The van der Waals surface area contributed by atoms with Crippen LogP contribution >= 0.6 is 11.6 Å². The number of hydrogen-bond acceptors (Lipinski definition) is 6. The maximum absolute atomic E-state index is 11.6. The van der Waals surface area contributed by atoms with Gasteiger partial charge in [0.25, 0.3) is 0 Å². The Balaban J connectivity index is 1.90. The molecule has 9 heteroatoms. The van der Waals surface area contributed by atoms with E-state index in [1.807, 2.05) is 0 Å². The van der Waals surface area contributed by atoms with Crippen molar-refractivity contribution in [1.29, 1.82) is 0 Å². The number of piperidine rings is 1. The average molecular weight is 371 g/mol. The van der Waals surface area contributed by atoms with E-state index in [4.69, 9.17) is 16.3 Å². The first-order valence-corrected chi connectivity index (χ1v) is 8.79. The Morgan fingerprint density at radius 1 is 1.48 bits per heavy atom. The van der Waals surface area contributed by atoms with Crippen LogP contribution in [0.2, 0.25) is 5.02 Å². The Labute approximate surface area is 151 Å². The van der Waals surface area contributed by atoms with E-state index in [1.54, 1.807) is 6.92 Å². The zero-order valence-corrected chi connectivity index (χ0v) is 15.0. The predicted molar refractivity (Wildman–Crippen MR) is 92.9 cm³/mol. The normalized spacial score (nSPS) is 17.2. The molecule has 2 rings (SSSR count). The molecule has 0 aliphatic carbocycles. The molecule has 1 aliphatic rings. The van der Waals surface area contributed by atoms with Crippen LogP contribution in [0.5, 0.6) is 0 Å². The van der Waals surface area contributed by atoms with Gasteiger partial charge in [0.1, 0.15) is 0 Å². The fourth-order valence-corrected chi connectivity index (χ4v) is 3.02. The Hall–Kier alpha value is -2.09. The summed E-state index contributed by atoms with van der Waals surface area (Å²) in [5, 5.41) is 12.6. The largest absolute Gasteiger partial charge is 0.466 e. The molecular weight excluding hydrogens is 348 g/mol. The highest BCUT2D eigenvalue weighted by Gasteiger charge is 2.25. The minimum atomic E-state index is -0.871. The summed E-state index contributed by atoms with van der Waals surface area (Å²) in [7, 11) is 0. The van der Waals surface area contributed by atoms with E-state index in [-0.39, 0.29) is 12.5 Å². The summed E-state index contributed by atoms with van der Waals surface area (Å²) >= 11 is 6.02. The van der Waals surface area contributed by atoms with Crippen molar-refractivity contribution in [3.05, 3.63) is 16.9 Å². The molecule has 1 fully saturated rings. The quantitative estimate of drug-likeness (QED) is 0.710. The Bertz CT molecular complexity index is 614. The molecule has 1 amide bonds. The summed E-state index contributed by atoms with van der Waals surface area (Å²) in [6.07, 6.45) is 4.04. The summed E-state index contributed by atoms with van der Waals surface area (Å²) < 4.78 is 4.90. The number of rotatable bonds is 7. The van der Waals surface area contributed by atoms with Crippen molar-refractivity contribution in [2.45, 2.75) is 45.1 Å². The number of carbonyl (C=O) groups excluding carboxylic acids is 1. The van der Waals surface area contributed by atoms with Gasteiger partial charge in [0.05, 0.1) is 29.9 Å². The molecule has 1 aromatic heterocycles. The summed E-state index contributed by atoms with van der Waals surface area (Å²) in [5.41, 5.74) is 0.405. The number of esters is 1. The molecule has 138 valence electrons. The molecular formula is C16H23ClN4O4. The maximum Gasteiger partial charge on any atom is 0.407 e. The first-order valence-electron chi connectivity index (χ1n) is 8.41. The van der Waals surface area contributed by atoms with Gasteiger partial charge in [-0.2, -0.15) is 0 Å². The van der Waals surface area contributed by atoms with Crippen LogP contribution in [-0.4, -0.2) is 57.8 Å². The van der Waals surface area contributed by atoms with Crippen molar-refractivity contribution in [3.63, 3.8) is 0 Å². The van der Waals surface area contributed by atoms with Crippen LogP contribution in [0.3, 0.4) is 0 Å².